The minimum Gasteiger partial charge on any atom is -0.492 e. The number of sulfonamides is 1. The van der Waals surface area contributed by atoms with Crippen molar-refractivity contribution < 1.29 is 22.7 Å². The third kappa shape index (κ3) is 9.51. The van der Waals surface area contributed by atoms with Crippen LogP contribution in [0.5, 0.6) is 5.75 Å². The number of para-hydroxylation sites is 2. The number of ether oxygens (including phenoxy) is 1. The van der Waals surface area contributed by atoms with Gasteiger partial charge in [-0.3, -0.25) is 13.9 Å². The maximum atomic E-state index is 14.8. The molecular formula is C38H40Cl3N3O5S. The number of nitrogens with one attached hydrogen (secondary N) is 1. The molecule has 1 saturated carbocycles. The first-order chi connectivity index (χ1) is 24.1. The summed E-state index contributed by atoms with van der Waals surface area (Å²) in [5.74, 6) is -0.649. The van der Waals surface area contributed by atoms with Gasteiger partial charge in [-0.05, 0) is 79.4 Å². The van der Waals surface area contributed by atoms with E-state index < -0.39 is 28.5 Å². The van der Waals surface area contributed by atoms with Gasteiger partial charge in [-0.25, -0.2) is 8.42 Å². The zero-order valence-corrected chi connectivity index (χ0v) is 30.8. The van der Waals surface area contributed by atoms with E-state index in [4.69, 9.17) is 39.5 Å². The molecule has 0 heterocycles. The molecule has 0 aromatic heterocycles. The van der Waals surface area contributed by atoms with Gasteiger partial charge < -0.3 is 15.0 Å². The van der Waals surface area contributed by atoms with Crippen LogP contribution in [0.3, 0.4) is 0 Å². The predicted molar refractivity (Wildman–Crippen MR) is 200 cm³/mol. The Bertz CT molecular complexity index is 1870. The quantitative estimate of drug-likeness (QED) is 0.140. The van der Waals surface area contributed by atoms with Gasteiger partial charge in [0.05, 0.1) is 17.2 Å². The highest BCUT2D eigenvalue weighted by molar-refractivity contribution is 7.92. The van der Waals surface area contributed by atoms with Crippen molar-refractivity contribution in [2.75, 3.05) is 17.5 Å². The molecule has 12 heteroatoms. The molecular weight excluding hydrogens is 717 g/mol. The van der Waals surface area contributed by atoms with Crippen LogP contribution in [-0.2, 0) is 32.6 Å². The van der Waals surface area contributed by atoms with Crippen LogP contribution in [0.25, 0.3) is 0 Å². The largest absolute Gasteiger partial charge is 0.492 e. The lowest BCUT2D eigenvalue weighted by molar-refractivity contribution is -0.140. The summed E-state index contributed by atoms with van der Waals surface area (Å²) in [5, 5.41) is 4.30. The van der Waals surface area contributed by atoms with Crippen LogP contribution in [0.1, 0.15) is 50.2 Å². The van der Waals surface area contributed by atoms with Gasteiger partial charge in [-0.2, -0.15) is 0 Å². The SMILES string of the molecule is CCOc1ccccc1N(CC(=O)N(Cc1ccc(Cl)cc1Cl)[C@@H](Cc1ccccc1)C(=O)NC1CCCCC1)S(=O)(=O)c1ccc(Cl)cc1. The van der Waals surface area contributed by atoms with E-state index in [1.165, 1.54) is 29.2 Å². The van der Waals surface area contributed by atoms with E-state index in [-0.39, 0.29) is 47.9 Å². The van der Waals surface area contributed by atoms with Crippen LogP contribution in [0.2, 0.25) is 15.1 Å². The smallest absolute Gasteiger partial charge is 0.264 e. The van der Waals surface area contributed by atoms with E-state index in [2.05, 4.69) is 5.32 Å². The first-order valence-corrected chi connectivity index (χ1v) is 19.2. The van der Waals surface area contributed by atoms with Gasteiger partial charge in [0.25, 0.3) is 10.0 Å². The van der Waals surface area contributed by atoms with Gasteiger partial charge in [0.1, 0.15) is 18.3 Å². The molecule has 1 N–H and O–H groups in total. The zero-order chi connectivity index (χ0) is 35.7. The van der Waals surface area contributed by atoms with E-state index in [1.54, 1.807) is 49.4 Å². The number of anilines is 1. The van der Waals surface area contributed by atoms with Crippen molar-refractivity contribution in [3.8, 4) is 5.75 Å². The third-order valence-electron chi connectivity index (χ3n) is 8.69. The van der Waals surface area contributed by atoms with Crippen molar-refractivity contribution in [2.24, 2.45) is 0 Å². The normalized spacial score (nSPS) is 14.1. The number of halogens is 3. The van der Waals surface area contributed by atoms with Crippen LogP contribution in [0.4, 0.5) is 5.69 Å². The van der Waals surface area contributed by atoms with Crippen molar-refractivity contribution in [1.29, 1.82) is 0 Å². The van der Waals surface area contributed by atoms with E-state index >= 15 is 0 Å². The Balaban J connectivity index is 1.61. The minimum absolute atomic E-state index is 0.0227. The molecule has 8 nitrogen and oxygen atoms in total. The molecule has 1 fully saturated rings. The summed E-state index contributed by atoms with van der Waals surface area (Å²) in [6, 6.07) is 25.7. The Morgan fingerprint density at radius 3 is 2.20 bits per heavy atom. The van der Waals surface area contributed by atoms with Crippen LogP contribution in [0.15, 0.2) is 102 Å². The van der Waals surface area contributed by atoms with E-state index in [9.17, 15) is 18.0 Å². The van der Waals surface area contributed by atoms with Crippen molar-refractivity contribution in [3.63, 3.8) is 0 Å². The summed E-state index contributed by atoms with van der Waals surface area (Å²) >= 11 is 19.0. The number of hydrogen-bond donors (Lipinski definition) is 1. The molecule has 0 saturated heterocycles. The third-order valence-corrected chi connectivity index (χ3v) is 11.3. The predicted octanol–water partition coefficient (Wildman–Crippen LogP) is 8.33. The maximum absolute atomic E-state index is 14.8. The number of carbonyl (C=O) groups excluding carboxylic acids is 2. The fraction of sp³-hybridized carbons (Fsp3) is 0.316. The summed E-state index contributed by atoms with van der Waals surface area (Å²) in [7, 11) is -4.35. The molecule has 264 valence electrons. The lowest BCUT2D eigenvalue weighted by atomic mass is 9.94. The zero-order valence-electron chi connectivity index (χ0n) is 27.7. The minimum atomic E-state index is -4.35. The monoisotopic (exact) mass is 755 g/mol. The summed E-state index contributed by atoms with van der Waals surface area (Å²) in [4.78, 5) is 30.5. The molecule has 0 bridgehead atoms. The first-order valence-electron chi connectivity index (χ1n) is 16.6. The van der Waals surface area contributed by atoms with Crippen LogP contribution >= 0.6 is 34.8 Å². The second-order valence-corrected chi connectivity index (χ2v) is 15.3. The second-order valence-electron chi connectivity index (χ2n) is 12.2. The van der Waals surface area contributed by atoms with Gasteiger partial charge in [-0.1, -0.05) is 103 Å². The number of nitrogens with zero attached hydrogens (tertiary/aromatic N) is 2. The number of hydrogen-bond acceptors (Lipinski definition) is 5. The topological polar surface area (TPSA) is 96.0 Å². The van der Waals surface area contributed by atoms with Crippen LogP contribution < -0.4 is 14.4 Å². The summed E-state index contributed by atoms with van der Waals surface area (Å²) in [5.41, 5.74) is 1.56. The van der Waals surface area contributed by atoms with Gasteiger partial charge in [0.2, 0.25) is 11.8 Å². The average molecular weight is 757 g/mol. The molecule has 0 unspecified atom stereocenters. The average Bonchev–Trinajstić information content (AvgIpc) is 3.11. The Labute approximate surface area is 309 Å². The number of amides is 2. The number of rotatable bonds is 14. The van der Waals surface area contributed by atoms with Gasteiger partial charge in [-0.15, -0.1) is 0 Å². The molecule has 1 aliphatic rings. The maximum Gasteiger partial charge on any atom is 0.264 e. The first kappa shape index (κ1) is 37.5. The van der Waals surface area contributed by atoms with Crippen molar-refractivity contribution in [2.45, 2.75) is 69.0 Å². The standard InChI is InChI=1S/C38H40Cl3N3O5S/c1-2-49-36-16-10-9-15-34(36)44(50(47,48)32-21-19-29(39)20-22-32)26-37(45)43(25-28-17-18-30(40)24-33(28)41)35(23-27-11-5-3-6-12-27)38(46)42-31-13-7-4-8-14-31/h3,5-6,9-12,15-22,24,31,35H,2,4,7-8,13-14,23,25-26H2,1H3,(H,42,46)/t35-/m0/s1. The molecule has 0 spiro atoms. The molecule has 1 atom stereocenters. The Morgan fingerprint density at radius 2 is 1.52 bits per heavy atom. The summed E-state index contributed by atoms with van der Waals surface area (Å²) in [6.07, 6.45) is 5.02. The Kier molecular flexibility index (Phi) is 13.1. The molecule has 2 amide bonds. The van der Waals surface area contributed by atoms with Crippen molar-refractivity contribution in [3.05, 3.63) is 123 Å². The summed E-state index contributed by atoms with van der Waals surface area (Å²) < 4.78 is 35.7. The molecule has 4 aromatic carbocycles. The lowest BCUT2D eigenvalue weighted by Crippen LogP contribution is -2.55. The molecule has 0 aliphatic heterocycles. The molecule has 50 heavy (non-hydrogen) atoms. The van der Waals surface area contributed by atoms with Crippen LogP contribution in [-0.4, -0.2) is 50.4 Å². The van der Waals surface area contributed by atoms with E-state index in [0.717, 1.165) is 42.0 Å². The highest BCUT2D eigenvalue weighted by atomic mass is 35.5. The number of benzene rings is 4. The Morgan fingerprint density at radius 1 is 0.860 bits per heavy atom. The fourth-order valence-electron chi connectivity index (χ4n) is 6.12. The molecule has 5 rings (SSSR count). The second kappa shape index (κ2) is 17.4. The van der Waals surface area contributed by atoms with Gasteiger partial charge in [0, 0.05) is 34.1 Å². The van der Waals surface area contributed by atoms with Gasteiger partial charge >= 0.3 is 0 Å². The van der Waals surface area contributed by atoms with Crippen molar-refractivity contribution in [1.82, 2.24) is 10.2 Å². The summed E-state index contributed by atoms with van der Waals surface area (Å²) in [6.45, 7) is 1.34. The molecule has 1 aliphatic carbocycles. The highest BCUT2D eigenvalue weighted by Gasteiger charge is 2.36. The van der Waals surface area contributed by atoms with Crippen LogP contribution in [0, 0.1) is 0 Å². The van der Waals surface area contributed by atoms with Gasteiger partial charge in [0.15, 0.2) is 0 Å². The van der Waals surface area contributed by atoms with E-state index in [1.807, 2.05) is 30.3 Å². The fourth-order valence-corrected chi connectivity index (χ4v) is 8.14. The number of carbonyl (C=O) groups is 2. The van der Waals surface area contributed by atoms with E-state index in [0.29, 0.717) is 20.6 Å². The molecule has 4 aromatic rings. The van der Waals surface area contributed by atoms with Crippen molar-refractivity contribution >= 4 is 62.3 Å². The molecule has 0 radical (unpaired) electrons. The highest BCUT2D eigenvalue weighted by Crippen LogP contribution is 2.34. The lowest BCUT2D eigenvalue weighted by Gasteiger charge is -2.35. The Hall–Kier alpha value is -3.76.